The number of ketones is 1. The summed E-state index contributed by atoms with van der Waals surface area (Å²) in [5, 5.41) is 15.3. The summed E-state index contributed by atoms with van der Waals surface area (Å²) < 4.78 is 0. The van der Waals surface area contributed by atoms with Gasteiger partial charge in [-0.2, -0.15) is 0 Å². The molecule has 76 valence electrons. The lowest BCUT2D eigenvalue weighted by Crippen LogP contribution is -2.53. The van der Waals surface area contributed by atoms with E-state index in [1.165, 1.54) is 6.08 Å². The molecular formula is C8H10BrN3O2. The number of aliphatic hydroxyl groups is 1. The number of alkyl halides is 1. The molecule has 3 N–H and O–H groups in total. The molecule has 0 amide bonds. The van der Waals surface area contributed by atoms with E-state index in [9.17, 15) is 9.90 Å². The molecule has 0 aliphatic carbocycles. The molecule has 0 spiro atoms. The molecule has 2 atom stereocenters. The molecule has 6 heteroatoms. The number of carbonyl (C=O) groups excluding carboxylic acids is 1. The van der Waals surface area contributed by atoms with Gasteiger partial charge >= 0.3 is 0 Å². The lowest BCUT2D eigenvalue weighted by molar-refractivity contribution is -0.118. The normalized spacial score (nSPS) is 32.2. The summed E-state index contributed by atoms with van der Waals surface area (Å²) in [7, 11) is 0. The fourth-order valence-electron chi connectivity index (χ4n) is 1.46. The average molecular weight is 260 g/mol. The van der Waals surface area contributed by atoms with Crippen molar-refractivity contribution < 1.29 is 9.90 Å². The fourth-order valence-corrected chi connectivity index (χ4v) is 1.98. The van der Waals surface area contributed by atoms with Gasteiger partial charge in [0.15, 0.2) is 5.76 Å². The van der Waals surface area contributed by atoms with Crippen LogP contribution in [0.5, 0.6) is 0 Å². The number of halogens is 1. The number of carbonyl (C=O) groups is 1. The maximum atomic E-state index is 11.5. The molecule has 2 rings (SSSR count). The highest BCUT2D eigenvalue weighted by Crippen LogP contribution is 2.13. The number of hydrogen-bond donors (Lipinski definition) is 3. The molecule has 0 aromatic carbocycles. The highest BCUT2D eigenvalue weighted by Gasteiger charge is 2.33. The van der Waals surface area contributed by atoms with Gasteiger partial charge in [-0.15, -0.1) is 0 Å². The van der Waals surface area contributed by atoms with Gasteiger partial charge in [0.1, 0.15) is 11.9 Å². The molecule has 14 heavy (non-hydrogen) atoms. The maximum absolute atomic E-state index is 11.5. The van der Waals surface area contributed by atoms with E-state index in [1.807, 2.05) is 0 Å². The van der Waals surface area contributed by atoms with E-state index in [0.29, 0.717) is 12.4 Å². The molecule has 2 heterocycles. The third-order valence-electron chi connectivity index (χ3n) is 2.12. The van der Waals surface area contributed by atoms with E-state index in [0.717, 1.165) is 6.54 Å². The van der Waals surface area contributed by atoms with E-state index in [4.69, 9.17) is 0 Å². The van der Waals surface area contributed by atoms with Crippen LogP contribution in [0, 0.1) is 0 Å². The van der Waals surface area contributed by atoms with Crippen molar-refractivity contribution in [2.45, 2.75) is 11.0 Å². The number of nitrogens with one attached hydrogen (secondary N) is 2. The van der Waals surface area contributed by atoms with Crippen molar-refractivity contribution in [1.82, 2.24) is 10.6 Å². The number of hydrogen-bond acceptors (Lipinski definition) is 5. The molecule has 0 aromatic rings. The van der Waals surface area contributed by atoms with Crippen LogP contribution in [0.15, 0.2) is 16.8 Å². The Morgan fingerprint density at radius 2 is 2.43 bits per heavy atom. The number of aliphatic hydroxyl groups excluding tert-OH is 1. The van der Waals surface area contributed by atoms with Crippen LogP contribution >= 0.6 is 15.9 Å². The lowest BCUT2D eigenvalue weighted by atomic mass is 10.1. The number of rotatable bonds is 1. The summed E-state index contributed by atoms with van der Waals surface area (Å²) in [6.07, 6.45) is 1.42. The zero-order valence-corrected chi connectivity index (χ0v) is 8.91. The first-order chi connectivity index (χ1) is 6.68. The molecule has 5 nitrogen and oxygen atoms in total. The highest BCUT2D eigenvalue weighted by atomic mass is 79.9. The van der Waals surface area contributed by atoms with Crippen LogP contribution in [0.1, 0.15) is 0 Å². The molecule has 2 unspecified atom stereocenters. The second-order valence-electron chi connectivity index (χ2n) is 3.11. The molecule has 2 aliphatic heterocycles. The summed E-state index contributed by atoms with van der Waals surface area (Å²) in [4.78, 5) is 15.5. The highest BCUT2D eigenvalue weighted by molar-refractivity contribution is 9.09. The van der Waals surface area contributed by atoms with E-state index in [-0.39, 0.29) is 16.5 Å². The van der Waals surface area contributed by atoms with Crippen molar-refractivity contribution in [1.29, 1.82) is 0 Å². The Morgan fingerprint density at radius 1 is 1.64 bits per heavy atom. The van der Waals surface area contributed by atoms with Gasteiger partial charge in [0.25, 0.3) is 0 Å². The van der Waals surface area contributed by atoms with Crippen LogP contribution in [0.25, 0.3) is 0 Å². The second kappa shape index (κ2) is 3.70. The first-order valence-corrected chi connectivity index (χ1v) is 5.23. The summed E-state index contributed by atoms with van der Waals surface area (Å²) in [5.74, 6) is 0.0555. The quantitative estimate of drug-likeness (QED) is 0.446. The predicted octanol–water partition coefficient (Wildman–Crippen LogP) is -0.308. The van der Waals surface area contributed by atoms with Crippen molar-refractivity contribution in [3.8, 4) is 0 Å². The van der Waals surface area contributed by atoms with Gasteiger partial charge in [-0.3, -0.25) is 15.1 Å². The van der Waals surface area contributed by atoms with Crippen LogP contribution in [0.2, 0.25) is 0 Å². The van der Waals surface area contributed by atoms with E-state index in [2.05, 4.69) is 31.6 Å². The Kier molecular flexibility index (Phi) is 2.56. The number of aliphatic imine (C=N–C) groups is 1. The first-order valence-electron chi connectivity index (χ1n) is 4.32. The Hall–Kier alpha value is -0.880. The lowest BCUT2D eigenvalue weighted by Gasteiger charge is -2.23. The van der Waals surface area contributed by atoms with Crippen LogP contribution in [-0.4, -0.2) is 40.8 Å². The topological polar surface area (TPSA) is 73.7 Å². The van der Waals surface area contributed by atoms with Crippen molar-refractivity contribution >= 4 is 27.5 Å². The monoisotopic (exact) mass is 259 g/mol. The van der Waals surface area contributed by atoms with E-state index < -0.39 is 6.04 Å². The van der Waals surface area contributed by atoms with Gasteiger partial charge in [0.2, 0.25) is 5.78 Å². The Balaban J connectivity index is 2.20. The van der Waals surface area contributed by atoms with Gasteiger partial charge in [0.05, 0.1) is 11.5 Å². The van der Waals surface area contributed by atoms with Gasteiger partial charge < -0.3 is 10.4 Å². The summed E-state index contributed by atoms with van der Waals surface area (Å²) in [5.41, 5.74) is 0. The standard InChI is InChI=1S/C8H10BrN3O2/c9-5-3-4(13)7(14)6(12-5)8-10-1-2-11-8/h3,5-6,12-13H,1-2H2,(H,10,11). The zero-order chi connectivity index (χ0) is 10.1. The number of amidine groups is 1. The van der Waals surface area contributed by atoms with Crippen molar-refractivity contribution in [3.05, 3.63) is 11.8 Å². The van der Waals surface area contributed by atoms with Crippen molar-refractivity contribution in [3.63, 3.8) is 0 Å². The Bertz CT molecular complexity index is 327. The molecule has 2 aliphatic rings. The van der Waals surface area contributed by atoms with Gasteiger partial charge in [0, 0.05) is 6.54 Å². The summed E-state index contributed by atoms with van der Waals surface area (Å²) in [6.45, 7) is 1.43. The number of Topliss-reactive ketones (excluding diaryl/α,β-unsaturated/α-hetero) is 1. The van der Waals surface area contributed by atoms with Crippen molar-refractivity contribution in [2.75, 3.05) is 13.1 Å². The largest absolute Gasteiger partial charge is 0.504 e. The fraction of sp³-hybridized carbons (Fsp3) is 0.500. The minimum absolute atomic E-state index is 0.199. The molecule has 0 radical (unpaired) electrons. The van der Waals surface area contributed by atoms with Crippen LogP contribution < -0.4 is 10.6 Å². The van der Waals surface area contributed by atoms with Crippen LogP contribution in [0.3, 0.4) is 0 Å². The third kappa shape index (κ3) is 1.67. The van der Waals surface area contributed by atoms with Crippen molar-refractivity contribution in [2.24, 2.45) is 4.99 Å². The molecular weight excluding hydrogens is 250 g/mol. The molecule has 0 fully saturated rings. The van der Waals surface area contributed by atoms with Gasteiger partial charge in [-0.05, 0) is 6.08 Å². The van der Waals surface area contributed by atoms with Gasteiger partial charge in [-0.1, -0.05) is 15.9 Å². The number of nitrogens with zero attached hydrogens (tertiary/aromatic N) is 1. The third-order valence-corrected chi connectivity index (χ3v) is 2.65. The first kappa shape index (κ1) is 9.67. The van der Waals surface area contributed by atoms with E-state index in [1.54, 1.807) is 0 Å². The molecule has 0 bridgehead atoms. The Labute approximate surface area is 89.4 Å². The SMILES string of the molecule is O=C1C(O)=CC(Br)NC1C1=NCCN1. The predicted molar refractivity (Wildman–Crippen MR) is 55.7 cm³/mol. The second-order valence-corrected chi connectivity index (χ2v) is 4.10. The minimum atomic E-state index is -0.549. The summed E-state index contributed by atoms with van der Waals surface area (Å²) >= 11 is 3.26. The zero-order valence-electron chi connectivity index (χ0n) is 7.33. The maximum Gasteiger partial charge on any atom is 0.221 e. The van der Waals surface area contributed by atoms with Crippen LogP contribution in [-0.2, 0) is 4.79 Å². The average Bonchev–Trinajstić information content (AvgIpc) is 2.63. The van der Waals surface area contributed by atoms with E-state index >= 15 is 0 Å². The Morgan fingerprint density at radius 3 is 3.07 bits per heavy atom. The van der Waals surface area contributed by atoms with Crippen LogP contribution in [0.4, 0.5) is 0 Å². The van der Waals surface area contributed by atoms with Gasteiger partial charge in [-0.25, -0.2) is 0 Å². The summed E-state index contributed by atoms with van der Waals surface area (Å²) in [6, 6.07) is -0.549. The molecule has 0 aromatic heterocycles. The smallest absolute Gasteiger partial charge is 0.221 e. The molecule has 0 saturated heterocycles. The minimum Gasteiger partial charge on any atom is -0.504 e. The molecule has 0 saturated carbocycles.